The molecular weight excluding hydrogens is 551 g/mol. The predicted octanol–water partition coefficient (Wildman–Crippen LogP) is 4.41. The molecule has 1 N–H and O–H groups in total. The number of non-ortho nitro benzene ring substituents is 1. The van der Waals surface area contributed by atoms with Crippen LogP contribution in [0.2, 0.25) is 0 Å². The molecule has 216 valence electrons. The summed E-state index contributed by atoms with van der Waals surface area (Å²) in [6.07, 6.45) is 3.61. The normalized spacial score (nSPS) is 14.3. The van der Waals surface area contributed by atoms with Crippen LogP contribution < -0.4 is 9.62 Å². The van der Waals surface area contributed by atoms with Crippen molar-refractivity contribution in [2.75, 3.05) is 10.8 Å². The summed E-state index contributed by atoms with van der Waals surface area (Å²) in [5.41, 5.74) is -0.0774. The Bertz CT molecular complexity index is 1500. The molecule has 1 aliphatic carbocycles. The number of anilines is 1. The molecule has 0 radical (unpaired) electrons. The van der Waals surface area contributed by atoms with Gasteiger partial charge in [-0.15, -0.1) is 0 Å². The maximum Gasteiger partial charge on any atom is 0.269 e. The van der Waals surface area contributed by atoms with Gasteiger partial charge in [-0.3, -0.25) is 24.0 Å². The lowest BCUT2D eigenvalue weighted by Gasteiger charge is -2.32. The fourth-order valence-corrected chi connectivity index (χ4v) is 6.21. The van der Waals surface area contributed by atoms with Crippen molar-refractivity contribution in [1.82, 2.24) is 10.2 Å². The lowest BCUT2D eigenvalue weighted by molar-refractivity contribution is -0.384. The van der Waals surface area contributed by atoms with E-state index in [-0.39, 0.29) is 34.4 Å². The zero-order valence-electron chi connectivity index (χ0n) is 22.5. The summed E-state index contributed by atoms with van der Waals surface area (Å²) in [6, 6.07) is 17.0. The minimum Gasteiger partial charge on any atom is -0.352 e. The summed E-state index contributed by atoms with van der Waals surface area (Å²) in [6.45, 7) is 0.514. The van der Waals surface area contributed by atoms with Crippen LogP contribution in [-0.4, -0.2) is 48.7 Å². The van der Waals surface area contributed by atoms with Gasteiger partial charge in [0.1, 0.15) is 18.4 Å². The molecule has 0 saturated heterocycles. The van der Waals surface area contributed by atoms with Crippen LogP contribution in [0, 0.1) is 15.9 Å². The highest BCUT2D eigenvalue weighted by Crippen LogP contribution is 2.27. The van der Waals surface area contributed by atoms with Crippen LogP contribution in [0.1, 0.15) is 38.2 Å². The van der Waals surface area contributed by atoms with Crippen molar-refractivity contribution in [3.8, 4) is 0 Å². The zero-order valence-corrected chi connectivity index (χ0v) is 23.3. The highest BCUT2D eigenvalue weighted by Gasteiger charge is 2.33. The number of halogens is 1. The average molecular weight is 583 g/mol. The molecule has 0 bridgehead atoms. The SMILES string of the molecule is C[C@@H](C(=O)NC1CCCC1)N(Cc1ccccc1F)C(=O)CN(c1ccc([N+](=O)[O-])cc1)S(=O)(=O)c1ccccc1. The van der Waals surface area contributed by atoms with E-state index in [0.717, 1.165) is 47.0 Å². The Balaban J connectivity index is 1.70. The quantitative estimate of drug-likeness (QED) is 0.263. The summed E-state index contributed by atoms with van der Waals surface area (Å²) < 4.78 is 43.0. The maximum absolute atomic E-state index is 14.6. The zero-order chi connectivity index (χ0) is 29.6. The maximum atomic E-state index is 14.6. The van der Waals surface area contributed by atoms with Gasteiger partial charge in [-0.25, -0.2) is 12.8 Å². The molecule has 1 atom stereocenters. The molecule has 0 aromatic heterocycles. The van der Waals surface area contributed by atoms with E-state index in [4.69, 9.17) is 0 Å². The third kappa shape index (κ3) is 7.07. The molecule has 3 aromatic carbocycles. The Morgan fingerprint density at radius 2 is 1.61 bits per heavy atom. The van der Waals surface area contributed by atoms with Crippen LogP contribution >= 0.6 is 0 Å². The van der Waals surface area contributed by atoms with Gasteiger partial charge in [0.2, 0.25) is 11.8 Å². The van der Waals surface area contributed by atoms with Crippen LogP contribution in [0.25, 0.3) is 0 Å². The van der Waals surface area contributed by atoms with Gasteiger partial charge in [-0.2, -0.15) is 0 Å². The molecule has 3 aromatic rings. The number of nitrogens with zero attached hydrogens (tertiary/aromatic N) is 3. The van der Waals surface area contributed by atoms with Crippen LogP contribution in [0.4, 0.5) is 15.8 Å². The first-order chi connectivity index (χ1) is 19.6. The molecule has 41 heavy (non-hydrogen) atoms. The molecule has 12 heteroatoms. The first-order valence-corrected chi connectivity index (χ1v) is 14.7. The molecule has 1 aliphatic rings. The Labute approximate surface area is 238 Å². The Kier molecular flexibility index (Phi) is 9.33. The van der Waals surface area contributed by atoms with Gasteiger partial charge in [0.05, 0.1) is 15.5 Å². The van der Waals surface area contributed by atoms with E-state index in [1.54, 1.807) is 12.1 Å². The Morgan fingerprint density at radius 3 is 2.22 bits per heavy atom. The van der Waals surface area contributed by atoms with Gasteiger partial charge in [0.25, 0.3) is 15.7 Å². The fraction of sp³-hybridized carbons (Fsp3) is 0.310. The van der Waals surface area contributed by atoms with Gasteiger partial charge in [-0.05, 0) is 50.1 Å². The summed E-state index contributed by atoms with van der Waals surface area (Å²) in [7, 11) is -4.32. The van der Waals surface area contributed by atoms with Gasteiger partial charge >= 0.3 is 0 Å². The highest BCUT2D eigenvalue weighted by molar-refractivity contribution is 7.92. The lowest BCUT2D eigenvalue weighted by atomic mass is 10.1. The van der Waals surface area contributed by atoms with E-state index in [1.165, 1.54) is 61.5 Å². The molecule has 0 heterocycles. The molecule has 1 fully saturated rings. The van der Waals surface area contributed by atoms with E-state index in [1.807, 2.05) is 0 Å². The largest absolute Gasteiger partial charge is 0.352 e. The molecule has 0 unspecified atom stereocenters. The van der Waals surface area contributed by atoms with Crippen LogP contribution in [0.15, 0.2) is 83.8 Å². The van der Waals surface area contributed by atoms with Gasteiger partial charge in [0.15, 0.2) is 0 Å². The van der Waals surface area contributed by atoms with E-state index < -0.39 is 45.2 Å². The number of hydrogen-bond acceptors (Lipinski definition) is 6. The highest BCUT2D eigenvalue weighted by atomic mass is 32.2. The minimum atomic E-state index is -4.32. The first-order valence-electron chi connectivity index (χ1n) is 13.2. The topological polar surface area (TPSA) is 130 Å². The van der Waals surface area contributed by atoms with Crippen LogP contribution in [-0.2, 0) is 26.2 Å². The van der Waals surface area contributed by atoms with E-state index in [2.05, 4.69) is 5.32 Å². The van der Waals surface area contributed by atoms with Crippen LogP contribution in [0.5, 0.6) is 0 Å². The molecular formula is C29H31FN4O6S. The van der Waals surface area contributed by atoms with Crippen molar-refractivity contribution in [3.63, 3.8) is 0 Å². The fourth-order valence-electron chi connectivity index (χ4n) is 4.77. The second-order valence-corrected chi connectivity index (χ2v) is 11.7. The predicted molar refractivity (Wildman–Crippen MR) is 151 cm³/mol. The summed E-state index contributed by atoms with van der Waals surface area (Å²) in [4.78, 5) is 38.7. The minimum absolute atomic E-state index is 0.0155. The standard InChI is InChI=1S/C29H31FN4O6S/c1-21(29(36)31-23-10-6-7-11-23)32(19-22-9-5-8-14-27(22)30)28(35)20-33(24-15-17-25(18-16-24)34(37)38)41(39,40)26-12-3-2-4-13-26/h2-5,8-9,12-18,21,23H,6-7,10-11,19-20H2,1H3,(H,31,36)/t21-/m0/s1. The van der Waals surface area contributed by atoms with Crippen molar-refractivity contribution in [2.24, 2.45) is 0 Å². The number of carbonyl (C=O) groups is 2. The van der Waals surface area contributed by atoms with Crippen molar-refractivity contribution in [3.05, 3.63) is 100 Å². The summed E-state index contributed by atoms with van der Waals surface area (Å²) >= 11 is 0. The Morgan fingerprint density at radius 1 is 1.00 bits per heavy atom. The number of nitrogens with one attached hydrogen (secondary N) is 1. The number of sulfonamides is 1. The summed E-state index contributed by atoms with van der Waals surface area (Å²) in [5, 5.41) is 14.1. The third-order valence-electron chi connectivity index (χ3n) is 7.13. The lowest BCUT2D eigenvalue weighted by Crippen LogP contribution is -2.52. The van der Waals surface area contributed by atoms with E-state index in [0.29, 0.717) is 0 Å². The monoisotopic (exact) mass is 582 g/mol. The number of nitro benzene ring substituents is 1. The van der Waals surface area contributed by atoms with Crippen molar-refractivity contribution >= 4 is 33.2 Å². The molecule has 2 amide bonds. The number of nitro groups is 1. The number of amides is 2. The van der Waals surface area contributed by atoms with E-state index >= 15 is 0 Å². The van der Waals surface area contributed by atoms with E-state index in [9.17, 15) is 32.5 Å². The van der Waals surface area contributed by atoms with Gasteiger partial charge < -0.3 is 10.2 Å². The third-order valence-corrected chi connectivity index (χ3v) is 8.91. The van der Waals surface area contributed by atoms with Crippen molar-refractivity contribution < 1.29 is 27.3 Å². The van der Waals surface area contributed by atoms with Crippen LogP contribution in [0.3, 0.4) is 0 Å². The summed E-state index contributed by atoms with van der Waals surface area (Å²) in [5.74, 6) is -1.74. The molecule has 0 aliphatic heterocycles. The second-order valence-electron chi connectivity index (χ2n) is 9.88. The molecule has 1 saturated carbocycles. The second kappa shape index (κ2) is 12.9. The molecule has 10 nitrogen and oxygen atoms in total. The number of benzene rings is 3. The average Bonchev–Trinajstić information content (AvgIpc) is 3.48. The van der Waals surface area contributed by atoms with Gasteiger partial charge in [-0.1, -0.05) is 49.2 Å². The number of carbonyl (C=O) groups excluding carboxylic acids is 2. The van der Waals surface area contributed by atoms with Crippen molar-refractivity contribution in [1.29, 1.82) is 0 Å². The van der Waals surface area contributed by atoms with Crippen molar-refractivity contribution in [2.45, 2.75) is 56.1 Å². The Hall–Kier alpha value is -4.32. The van der Waals surface area contributed by atoms with Gasteiger partial charge in [0, 0.05) is 30.3 Å². The molecule has 4 rings (SSSR count). The smallest absolute Gasteiger partial charge is 0.269 e. The number of rotatable bonds is 11. The first kappa shape index (κ1) is 29.7. The molecule has 0 spiro atoms. The number of hydrogen-bond donors (Lipinski definition) is 1.